The van der Waals surface area contributed by atoms with E-state index in [-0.39, 0.29) is 11.6 Å². The van der Waals surface area contributed by atoms with Crippen molar-refractivity contribution in [3.63, 3.8) is 0 Å². The number of likely N-dealkylation sites (N-methyl/N-ethyl adjacent to an activating group) is 1. The number of ether oxygens (including phenoxy) is 1. The monoisotopic (exact) mass is 402 g/mol. The summed E-state index contributed by atoms with van der Waals surface area (Å²) < 4.78 is 5.97. The maximum atomic E-state index is 12.5. The van der Waals surface area contributed by atoms with Gasteiger partial charge in [0.15, 0.2) is 6.54 Å². The molecule has 0 aromatic carbocycles. The molecule has 0 aliphatic rings. The SMILES string of the molecule is C=C(C)C(=O)OC(CCCCCCCCCC)C[P+]([O-])=C(O)C[N+](C)(C)C. The van der Waals surface area contributed by atoms with Gasteiger partial charge in [0.2, 0.25) is 0 Å². The average molecular weight is 403 g/mol. The van der Waals surface area contributed by atoms with Gasteiger partial charge >= 0.3 is 5.97 Å². The van der Waals surface area contributed by atoms with Crippen LogP contribution < -0.4 is 4.89 Å². The summed E-state index contributed by atoms with van der Waals surface area (Å²) in [5, 5.41) is 10.1. The van der Waals surface area contributed by atoms with E-state index >= 15 is 0 Å². The lowest BCUT2D eigenvalue weighted by Gasteiger charge is -2.22. The van der Waals surface area contributed by atoms with Gasteiger partial charge in [0.25, 0.3) is 5.48 Å². The molecule has 0 bridgehead atoms. The summed E-state index contributed by atoms with van der Waals surface area (Å²) in [4.78, 5) is 24.3. The van der Waals surface area contributed by atoms with Gasteiger partial charge in [0, 0.05) is 5.57 Å². The summed E-state index contributed by atoms with van der Waals surface area (Å²) in [7, 11) is 3.86. The summed E-state index contributed by atoms with van der Waals surface area (Å²) >= 11 is 0. The van der Waals surface area contributed by atoms with Crippen molar-refractivity contribution in [1.29, 1.82) is 0 Å². The lowest BCUT2D eigenvalue weighted by Crippen LogP contribution is -2.40. The van der Waals surface area contributed by atoms with Crippen molar-refractivity contribution in [1.82, 2.24) is 0 Å². The van der Waals surface area contributed by atoms with Crippen molar-refractivity contribution in [2.45, 2.75) is 77.7 Å². The Hall–Kier alpha value is -0.740. The number of hydrogen-bond donors (Lipinski definition) is 1. The third kappa shape index (κ3) is 14.9. The van der Waals surface area contributed by atoms with Gasteiger partial charge in [0.1, 0.15) is 12.3 Å². The molecule has 1 N–H and O–H groups in total. The largest absolute Gasteiger partial charge is 0.628 e. The second-order valence-corrected chi connectivity index (χ2v) is 10.1. The van der Waals surface area contributed by atoms with Gasteiger partial charge in [-0.15, -0.1) is 0 Å². The fraction of sp³-hybridized carbons (Fsp3) is 0.810. The number of carbonyl (C=O) groups is 1. The van der Waals surface area contributed by atoms with E-state index in [0.717, 1.165) is 12.8 Å². The fourth-order valence-corrected chi connectivity index (χ4v) is 4.16. The van der Waals surface area contributed by atoms with Crippen LogP contribution in [-0.4, -0.2) is 61.0 Å². The van der Waals surface area contributed by atoms with Crippen LogP contribution in [0, 0.1) is 0 Å². The molecule has 0 rings (SSSR count). The molecule has 27 heavy (non-hydrogen) atoms. The third-order valence-electron chi connectivity index (χ3n) is 4.27. The Bertz CT molecular complexity index is 483. The van der Waals surface area contributed by atoms with Crippen LogP contribution in [0.1, 0.15) is 71.6 Å². The van der Waals surface area contributed by atoms with Gasteiger partial charge in [-0.25, -0.2) is 4.79 Å². The minimum Gasteiger partial charge on any atom is -0.628 e. The molecule has 0 aromatic heterocycles. The standard InChI is InChI=1S/C21H40NO4P/c1-7-8-9-10-11-12-13-14-15-19(26-21(24)18(2)3)17-27(25)20(23)16-22(4,5)6/h19H,2,7-17H2,1,3-6H3/p+1. The summed E-state index contributed by atoms with van der Waals surface area (Å²) in [6, 6.07) is 0. The topological polar surface area (TPSA) is 69.6 Å². The van der Waals surface area contributed by atoms with Gasteiger partial charge in [0.05, 0.1) is 28.9 Å². The Kier molecular flexibility index (Phi) is 13.9. The van der Waals surface area contributed by atoms with Crippen LogP contribution in [0.5, 0.6) is 0 Å². The zero-order valence-electron chi connectivity index (χ0n) is 18.1. The molecule has 0 heterocycles. The summed E-state index contributed by atoms with van der Waals surface area (Å²) in [5.41, 5.74) is 0.329. The first-order valence-corrected chi connectivity index (χ1v) is 11.7. The second-order valence-electron chi connectivity index (χ2n) is 8.50. The fourth-order valence-electron chi connectivity index (χ4n) is 2.74. The van der Waals surface area contributed by atoms with Crippen molar-refractivity contribution in [2.75, 3.05) is 33.8 Å². The zero-order chi connectivity index (χ0) is 20.9. The van der Waals surface area contributed by atoms with E-state index < -0.39 is 19.8 Å². The molecule has 0 aliphatic carbocycles. The van der Waals surface area contributed by atoms with E-state index in [1.54, 1.807) is 6.92 Å². The van der Waals surface area contributed by atoms with E-state index in [0.29, 0.717) is 23.0 Å². The predicted octanol–water partition coefficient (Wildman–Crippen LogP) is 3.97. The summed E-state index contributed by atoms with van der Waals surface area (Å²) in [5.74, 6) is -0.450. The Morgan fingerprint density at radius 1 is 1.11 bits per heavy atom. The van der Waals surface area contributed by atoms with Gasteiger partial charge in [-0.2, -0.15) is 0 Å². The molecule has 0 fully saturated rings. The molecular weight excluding hydrogens is 361 g/mol. The molecule has 0 aromatic rings. The molecule has 5 nitrogen and oxygen atoms in total. The van der Waals surface area contributed by atoms with Crippen LogP contribution >= 0.6 is 7.77 Å². The Morgan fingerprint density at radius 3 is 2.11 bits per heavy atom. The zero-order valence-corrected chi connectivity index (χ0v) is 19.0. The van der Waals surface area contributed by atoms with E-state index in [9.17, 15) is 14.8 Å². The number of aliphatic hydroxyl groups excluding tert-OH is 1. The molecular formula is C21H41NO4P+. The van der Waals surface area contributed by atoms with Crippen molar-refractivity contribution in [3.8, 4) is 0 Å². The van der Waals surface area contributed by atoms with Gasteiger partial charge < -0.3 is 19.2 Å². The maximum absolute atomic E-state index is 12.5. The number of aliphatic hydroxyl groups is 1. The first-order chi connectivity index (χ1) is 12.6. The van der Waals surface area contributed by atoms with E-state index in [1.165, 1.54) is 38.5 Å². The molecule has 0 saturated heterocycles. The number of quaternary nitrogens is 1. The smallest absolute Gasteiger partial charge is 0.333 e. The quantitative estimate of drug-likeness (QED) is 0.148. The van der Waals surface area contributed by atoms with Gasteiger partial charge in [-0.1, -0.05) is 58.4 Å². The molecule has 2 unspecified atom stereocenters. The highest BCUT2D eigenvalue weighted by atomic mass is 31.1. The van der Waals surface area contributed by atoms with Crippen molar-refractivity contribution in [2.24, 2.45) is 0 Å². The molecule has 6 heteroatoms. The van der Waals surface area contributed by atoms with Gasteiger partial charge in [-0.3, -0.25) is 0 Å². The lowest BCUT2D eigenvalue weighted by atomic mass is 10.1. The Balaban J connectivity index is 4.55. The van der Waals surface area contributed by atoms with Crippen LogP contribution in [0.4, 0.5) is 0 Å². The minimum absolute atomic E-state index is 0.00945. The molecule has 0 amide bonds. The van der Waals surface area contributed by atoms with E-state index in [4.69, 9.17) is 4.74 Å². The number of esters is 1. The number of unbranched alkanes of at least 4 members (excludes halogenated alkanes) is 7. The number of nitrogens with zero attached hydrogens (tertiary/aromatic N) is 1. The van der Waals surface area contributed by atoms with Crippen molar-refractivity contribution >= 4 is 19.2 Å². The predicted molar refractivity (Wildman–Crippen MR) is 114 cm³/mol. The first kappa shape index (κ1) is 26.3. The number of carbonyl (C=O) groups excluding carboxylic acids is 1. The number of hydrogen-bond acceptors (Lipinski definition) is 3. The highest BCUT2D eigenvalue weighted by molar-refractivity contribution is 7.51. The van der Waals surface area contributed by atoms with E-state index in [1.807, 2.05) is 21.1 Å². The molecule has 2 atom stereocenters. The highest BCUT2D eigenvalue weighted by Gasteiger charge is 2.23. The van der Waals surface area contributed by atoms with Crippen molar-refractivity contribution in [3.05, 3.63) is 12.2 Å². The Morgan fingerprint density at radius 2 is 1.63 bits per heavy atom. The normalized spacial score (nSPS) is 13.9. The molecule has 0 spiro atoms. The highest BCUT2D eigenvalue weighted by Crippen LogP contribution is 2.22. The lowest BCUT2D eigenvalue weighted by molar-refractivity contribution is -0.861. The minimum atomic E-state index is -1.93. The van der Waals surface area contributed by atoms with Crippen LogP contribution in [0.3, 0.4) is 0 Å². The average Bonchev–Trinajstić information content (AvgIpc) is 2.55. The first-order valence-electron chi connectivity index (χ1n) is 10.2. The molecule has 0 saturated carbocycles. The summed E-state index contributed by atoms with van der Waals surface area (Å²) in [6.07, 6.45) is 9.98. The van der Waals surface area contributed by atoms with Gasteiger partial charge in [-0.05, 0) is 19.8 Å². The third-order valence-corrected chi connectivity index (χ3v) is 5.73. The Labute approximate surface area is 167 Å². The molecule has 158 valence electrons. The summed E-state index contributed by atoms with van der Waals surface area (Å²) in [6.45, 7) is 7.76. The molecule has 0 aliphatic heterocycles. The van der Waals surface area contributed by atoms with Crippen LogP contribution in [0.2, 0.25) is 0 Å². The second kappa shape index (κ2) is 14.3. The van der Waals surface area contributed by atoms with Crippen LogP contribution in [-0.2, 0) is 9.53 Å². The maximum Gasteiger partial charge on any atom is 0.333 e. The van der Waals surface area contributed by atoms with Crippen LogP contribution in [0.15, 0.2) is 12.2 Å². The molecule has 0 radical (unpaired) electrons. The number of rotatable bonds is 15. The van der Waals surface area contributed by atoms with E-state index in [2.05, 4.69) is 13.5 Å². The van der Waals surface area contributed by atoms with Crippen molar-refractivity contribution < 1.29 is 24.0 Å². The van der Waals surface area contributed by atoms with Crippen LogP contribution in [0.25, 0.3) is 0 Å².